The number of hydrogen-bond donors (Lipinski definition) is 1. The second-order valence-corrected chi connectivity index (χ2v) is 6.42. The number of nitriles is 3. The quantitative estimate of drug-likeness (QED) is 0.856. The van der Waals surface area contributed by atoms with E-state index in [-0.39, 0.29) is 11.5 Å². The summed E-state index contributed by atoms with van der Waals surface area (Å²) < 4.78 is 6.15. The highest BCUT2D eigenvalue weighted by atomic mass is 16.5. The first-order valence-corrected chi connectivity index (χ1v) is 8.10. The normalized spacial score (nSPS) is 32.2. The van der Waals surface area contributed by atoms with Crippen LogP contribution in [0.15, 0.2) is 11.5 Å². The van der Waals surface area contributed by atoms with Gasteiger partial charge in [-0.1, -0.05) is 27.2 Å². The average Bonchev–Trinajstić information content (AvgIpc) is 2.55. The molecule has 122 valence electrons. The zero-order valence-electron chi connectivity index (χ0n) is 14.0. The maximum atomic E-state index is 9.92. The van der Waals surface area contributed by atoms with Crippen LogP contribution in [-0.2, 0) is 4.74 Å². The van der Waals surface area contributed by atoms with Crippen LogP contribution in [0.1, 0.15) is 46.5 Å². The number of nitrogens with two attached hydrogens (primary N) is 1. The van der Waals surface area contributed by atoms with E-state index in [0.29, 0.717) is 25.9 Å². The third-order valence-corrected chi connectivity index (χ3v) is 5.75. The van der Waals surface area contributed by atoms with Gasteiger partial charge in [-0.2, -0.15) is 15.8 Å². The Morgan fingerprint density at radius 1 is 1.13 bits per heavy atom. The van der Waals surface area contributed by atoms with Crippen molar-refractivity contribution in [3.63, 3.8) is 0 Å². The number of ether oxygens (including phenoxy) is 1. The third-order valence-electron chi connectivity index (χ3n) is 5.75. The van der Waals surface area contributed by atoms with E-state index in [1.807, 2.05) is 26.8 Å². The highest BCUT2D eigenvalue weighted by Gasteiger charge is 2.70. The lowest BCUT2D eigenvalue weighted by Gasteiger charge is -2.61. The van der Waals surface area contributed by atoms with Gasteiger partial charge in [-0.25, -0.2) is 0 Å². The topological polar surface area (TPSA) is 110 Å². The van der Waals surface area contributed by atoms with Crippen LogP contribution in [0.2, 0.25) is 0 Å². The molecule has 1 fully saturated rings. The van der Waals surface area contributed by atoms with E-state index in [9.17, 15) is 15.8 Å². The Morgan fingerprint density at radius 2 is 1.70 bits per heavy atom. The molecule has 1 aliphatic heterocycles. The van der Waals surface area contributed by atoms with Crippen molar-refractivity contribution >= 4 is 0 Å². The van der Waals surface area contributed by atoms with Gasteiger partial charge in [0, 0.05) is 6.42 Å². The molecule has 2 rings (SSSR count). The lowest BCUT2D eigenvalue weighted by molar-refractivity contribution is -0.250. The fourth-order valence-electron chi connectivity index (χ4n) is 4.48. The first-order chi connectivity index (χ1) is 10.9. The third kappa shape index (κ3) is 1.87. The van der Waals surface area contributed by atoms with Gasteiger partial charge in [0.2, 0.25) is 5.88 Å². The maximum absolute atomic E-state index is 9.92. The lowest BCUT2D eigenvalue weighted by atomic mass is 9.51. The van der Waals surface area contributed by atoms with Gasteiger partial charge in [0.1, 0.15) is 11.6 Å². The molecule has 2 aliphatic rings. The van der Waals surface area contributed by atoms with Crippen LogP contribution in [0.25, 0.3) is 0 Å². The van der Waals surface area contributed by atoms with Crippen LogP contribution >= 0.6 is 0 Å². The van der Waals surface area contributed by atoms with Crippen LogP contribution in [0.5, 0.6) is 0 Å². The molecule has 0 bridgehead atoms. The summed E-state index contributed by atoms with van der Waals surface area (Å²) in [6.07, 6.45) is 3.17. The second kappa shape index (κ2) is 5.76. The summed E-state index contributed by atoms with van der Waals surface area (Å²) in [5, 5.41) is 29.4. The summed E-state index contributed by atoms with van der Waals surface area (Å²) in [4.78, 5) is 2.14. The van der Waals surface area contributed by atoms with Crippen LogP contribution in [0.4, 0.5) is 0 Å². The Bertz CT molecular complexity index is 631. The molecule has 1 aliphatic carbocycles. The minimum atomic E-state index is -1.59. The monoisotopic (exact) mass is 313 g/mol. The molecular formula is C17H23N5O. The molecule has 0 saturated heterocycles. The fourth-order valence-corrected chi connectivity index (χ4v) is 4.48. The molecule has 0 aromatic heterocycles. The highest BCUT2D eigenvalue weighted by Crippen LogP contribution is 2.63. The van der Waals surface area contributed by atoms with Gasteiger partial charge < -0.3 is 10.5 Å². The van der Waals surface area contributed by atoms with Gasteiger partial charge in [-0.05, 0) is 25.9 Å². The van der Waals surface area contributed by atoms with E-state index in [4.69, 9.17) is 10.5 Å². The van der Waals surface area contributed by atoms with Gasteiger partial charge in [0.05, 0.1) is 17.6 Å². The molecule has 0 radical (unpaired) electrons. The van der Waals surface area contributed by atoms with Crippen molar-refractivity contribution < 1.29 is 4.74 Å². The smallest absolute Gasteiger partial charge is 0.203 e. The largest absolute Gasteiger partial charge is 0.456 e. The van der Waals surface area contributed by atoms with E-state index in [2.05, 4.69) is 17.0 Å². The molecule has 0 spiro atoms. The van der Waals surface area contributed by atoms with Gasteiger partial charge in [0.25, 0.3) is 0 Å². The van der Waals surface area contributed by atoms with E-state index in [1.165, 1.54) is 0 Å². The number of nitrogens with zero attached hydrogens (tertiary/aromatic N) is 4. The van der Waals surface area contributed by atoms with Gasteiger partial charge >= 0.3 is 0 Å². The molecule has 1 saturated carbocycles. The van der Waals surface area contributed by atoms with Crippen molar-refractivity contribution in [2.24, 2.45) is 16.6 Å². The molecule has 2 atom stereocenters. The molecule has 0 amide bonds. The summed E-state index contributed by atoms with van der Waals surface area (Å²) in [5.74, 6) is -0.0816. The Kier molecular flexibility index (Phi) is 4.29. The van der Waals surface area contributed by atoms with Crippen molar-refractivity contribution in [1.82, 2.24) is 4.90 Å². The molecule has 6 nitrogen and oxygen atoms in total. The van der Waals surface area contributed by atoms with Crippen LogP contribution in [0.3, 0.4) is 0 Å². The summed E-state index contributed by atoms with van der Waals surface area (Å²) in [6, 6.07) is 6.24. The summed E-state index contributed by atoms with van der Waals surface area (Å²) in [6.45, 7) is 7.39. The number of allylic oxidation sites excluding steroid dienone is 1. The van der Waals surface area contributed by atoms with Crippen molar-refractivity contribution in [2.75, 3.05) is 13.1 Å². The second-order valence-electron chi connectivity index (χ2n) is 6.42. The van der Waals surface area contributed by atoms with Crippen molar-refractivity contribution in [2.45, 2.75) is 52.2 Å². The Balaban J connectivity index is 2.84. The average molecular weight is 313 g/mol. The SMILES string of the molecule is CCN(CC)C12CCCCC1(C)C(C#N)(C#N)C(C#N)=C(N)O2. The Labute approximate surface area is 137 Å². The van der Waals surface area contributed by atoms with E-state index >= 15 is 0 Å². The molecular weight excluding hydrogens is 290 g/mol. The summed E-state index contributed by atoms with van der Waals surface area (Å²) in [7, 11) is 0. The van der Waals surface area contributed by atoms with Crippen molar-refractivity contribution in [3.05, 3.63) is 11.5 Å². The molecule has 0 aromatic carbocycles. The fraction of sp³-hybridized carbons (Fsp3) is 0.706. The number of hydrogen-bond acceptors (Lipinski definition) is 6. The summed E-state index contributed by atoms with van der Waals surface area (Å²) in [5.41, 5.74) is 2.74. The minimum absolute atomic E-state index is 0.0466. The molecule has 2 unspecified atom stereocenters. The van der Waals surface area contributed by atoms with Crippen molar-refractivity contribution in [1.29, 1.82) is 15.8 Å². The zero-order valence-corrected chi connectivity index (χ0v) is 14.0. The molecule has 6 heteroatoms. The van der Waals surface area contributed by atoms with E-state index < -0.39 is 16.6 Å². The number of fused-ring (bicyclic) bond motifs is 1. The summed E-state index contributed by atoms with van der Waals surface area (Å²) >= 11 is 0. The van der Waals surface area contributed by atoms with E-state index in [0.717, 1.165) is 12.8 Å². The van der Waals surface area contributed by atoms with Gasteiger partial charge in [0.15, 0.2) is 11.1 Å². The number of rotatable bonds is 3. The standard InChI is InChI=1S/C17H23N5O/c1-4-22(5-2)17-9-7-6-8-15(17,3)16(11-19,12-20)13(10-18)14(21)23-17/h4-9,21H2,1-3H3. The maximum Gasteiger partial charge on any atom is 0.203 e. The lowest BCUT2D eigenvalue weighted by Crippen LogP contribution is -2.69. The predicted octanol–water partition coefficient (Wildman–Crippen LogP) is 2.36. The highest BCUT2D eigenvalue weighted by molar-refractivity contribution is 5.49. The van der Waals surface area contributed by atoms with E-state index in [1.54, 1.807) is 0 Å². The first kappa shape index (κ1) is 17.1. The Morgan fingerprint density at radius 3 is 2.17 bits per heavy atom. The van der Waals surface area contributed by atoms with Gasteiger partial charge in [-0.3, -0.25) is 4.90 Å². The molecule has 2 N–H and O–H groups in total. The molecule has 0 aromatic rings. The predicted molar refractivity (Wildman–Crippen MR) is 83.8 cm³/mol. The van der Waals surface area contributed by atoms with Crippen molar-refractivity contribution in [3.8, 4) is 18.2 Å². The van der Waals surface area contributed by atoms with Crippen LogP contribution < -0.4 is 5.73 Å². The van der Waals surface area contributed by atoms with Crippen LogP contribution in [0, 0.1) is 44.8 Å². The van der Waals surface area contributed by atoms with Gasteiger partial charge in [-0.15, -0.1) is 0 Å². The Hall–Kier alpha value is -2.23. The van der Waals surface area contributed by atoms with Crippen LogP contribution in [-0.4, -0.2) is 23.7 Å². The first-order valence-electron chi connectivity index (χ1n) is 8.10. The minimum Gasteiger partial charge on any atom is -0.456 e. The molecule has 23 heavy (non-hydrogen) atoms. The zero-order chi connectivity index (χ0) is 17.3. The molecule has 1 heterocycles.